The lowest BCUT2D eigenvalue weighted by molar-refractivity contribution is 0.393. The van der Waals surface area contributed by atoms with Crippen LogP contribution in [-0.4, -0.2) is 5.16 Å². The summed E-state index contributed by atoms with van der Waals surface area (Å²) in [7, 11) is 0. The van der Waals surface area contributed by atoms with E-state index >= 15 is 0 Å². The van der Waals surface area contributed by atoms with E-state index in [-0.39, 0.29) is 5.82 Å². The number of hydrogen-bond acceptors (Lipinski definition) is 3. The Morgan fingerprint density at radius 1 is 1.27 bits per heavy atom. The van der Waals surface area contributed by atoms with Gasteiger partial charge < -0.3 is 10.3 Å². The van der Waals surface area contributed by atoms with Gasteiger partial charge in [-0.3, -0.25) is 0 Å². The zero-order valence-corrected chi connectivity index (χ0v) is 8.54. The fourth-order valence-electron chi connectivity index (χ4n) is 1.65. The van der Waals surface area contributed by atoms with Gasteiger partial charge in [-0.25, -0.2) is 4.39 Å². The van der Waals surface area contributed by atoms with E-state index in [0.717, 1.165) is 11.3 Å². The molecule has 0 radical (unpaired) electrons. The van der Waals surface area contributed by atoms with Crippen LogP contribution in [0.4, 0.5) is 10.1 Å². The van der Waals surface area contributed by atoms with Crippen LogP contribution in [0.25, 0.3) is 11.1 Å². The molecule has 78 valence electrons. The van der Waals surface area contributed by atoms with Crippen molar-refractivity contribution in [3.05, 3.63) is 35.5 Å². The Morgan fingerprint density at radius 2 is 2.00 bits per heavy atom. The molecular weight excluding hydrogens is 195 g/mol. The van der Waals surface area contributed by atoms with Crippen molar-refractivity contribution < 1.29 is 8.91 Å². The summed E-state index contributed by atoms with van der Waals surface area (Å²) in [5.74, 6) is 0.308. The molecule has 0 atom stereocenters. The predicted octanol–water partition coefficient (Wildman–Crippen LogP) is 2.68. The Labute approximate surface area is 86.7 Å². The van der Waals surface area contributed by atoms with Gasteiger partial charge in [0.25, 0.3) is 0 Å². The maximum atomic E-state index is 13.2. The summed E-state index contributed by atoms with van der Waals surface area (Å²) in [5.41, 5.74) is 8.21. The van der Waals surface area contributed by atoms with E-state index in [0.29, 0.717) is 17.0 Å². The maximum absolute atomic E-state index is 13.2. The van der Waals surface area contributed by atoms with Crippen molar-refractivity contribution in [2.75, 3.05) is 5.73 Å². The zero-order chi connectivity index (χ0) is 11.0. The van der Waals surface area contributed by atoms with Crippen molar-refractivity contribution >= 4 is 5.69 Å². The summed E-state index contributed by atoms with van der Waals surface area (Å²) >= 11 is 0. The first-order valence-electron chi connectivity index (χ1n) is 4.57. The highest BCUT2D eigenvalue weighted by atomic mass is 19.1. The molecule has 3 nitrogen and oxygen atoms in total. The molecule has 0 bridgehead atoms. The minimum atomic E-state index is -0.356. The van der Waals surface area contributed by atoms with E-state index in [2.05, 4.69) is 5.16 Å². The number of hydrogen-bond donors (Lipinski definition) is 1. The molecule has 2 aromatic rings. The van der Waals surface area contributed by atoms with Gasteiger partial charge in [0.2, 0.25) is 0 Å². The Bertz CT molecular complexity index is 466. The lowest BCUT2D eigenvalue weighted by Crippen LogP contribution is -1.89. The van der Waals surface area contributed by atoms with Crippen LogP contribution in [0.2, 0.25) is 0 Å². The Hall–Kier alpha value is -1.84. The Balaban J connectivity index is 2.63. The molecule has 0 unspecified atom stereocenters. The number of anilines is 1. The molecule has 1 aromatic carbocycles. The van der Waals surface area contributed by atoms with Gasteiger partial charge in [-0.2, -0.15) is 0 Å². The second-order valence-electron chi connectivity index (χ2n) is 3.47. The van der Waals surface area contributed by atoms with Gasteiger partial charge in [-0.1, -0.05) is 5.16 Å². The number of nitrogen functional groups attached to an aromatic ring is 1. The quantitative estimate of drug-likeness (QED) is 0.730. The molecule has 0 spiro atoms. The number of rotatable bonds is 1. The lowest BCUT2D eigenvalue weighted by atomic mass is 10.0. The van der Waals surface area contributed by atoms with E-state index in [4.69, 9.17) is 10.3 Å². The third kappa shape index (κ3) is 1.70. The molecule has 2 rings (SSSR count). The number of nitrogens with zero attached hydrogens (tertiary/aromatic N) is 1. The third-order valence-electron chi connectivity index (χ3n) is 2.24. The molecule has 2 N–H and O–H groups in total. The average molecular weight is 206 g/mol. The average Bonchev–Trinajstić information content (AvgIpc) is 2.44. The van der Waals surface area contributed by atoms with Crippen LogP contribution in [0.15, 0.2) is 22.7 Å². The first kappa shape index (κ1) is 9.71. The molecule has 4 heteroatoms. The summed E-state index contributed by atoms with van der Waals surface area (Å²) in [6.07, 6.45) is 0. The van der Waals surface area contributed by atoms with Crippen molar-refractivity contribution in [1.29, 1.82) is 0 Å². The largest absolute Gasteiger partial charge is 0.399 e. The van der Waals surface area contributed by atoms with Gasteiger partial charge in [0, 0.05) is 11.3 Å². The van der Waals surface area contributed by atoms with Crippen LogP contribution in [0, 0.1) is 19.7 Å². The topological polar surface area (TPSA) is 52.0 Å². The number of nitrogens with two attached hydrogens (primary N) is 1. The zero-order valence-electron chi connectivity index (χ0n) is 8.54. The second kappa shape index (κ2) is 3.38. The van der Waals surface area contributed by atoms with Crippen LogP contribution in [0.1, 0.15) is 11.5 Å². The van der Waals surface area contributed by atoms with E-state index in [9.17, 15) is 4.39 Å². The van der Waals surface area contributed by atoms with Gasteiger partial charge >= 0.3 is 0 Å². The highest BCUT2D eigenvalue weighted by molar-refractivity contribution is 5.70. The molecule has 0 aliphatic carbocycles. The smallest absolute Gasteiger partial charge is 0.141 e. The predicted molar refractivity (Wildman–Crippen MR) is 55.8 cm³/mol. The van der Waals surface area contributed by atoms with Crippen molar-refractivity contribution in [1.82, 2.24) is 5.16 Å². The number of aromatic nitrogens is 1. The lowest BCUT2D eigenvalue weighted by Gasteiger charge is -2.02. The molecule has 0 saturated carbocycles. The first-order valence-corrected chi connectivity index (χ1v) is 4.57. The van der Waals surface area contributed by atoms with Crippen molar-refractivity contribution in [3.8, 4) is 11.1 Å². The monoisotopic (exact) mass is 206 g/mol. The fourth-order valence-corrected chi connectivity index (χ4v) is 1.65. The molecule has 0 saturated heterocycles. The Kier molecular flexibility index (Phi) is 2.19. The molecule has 0 fully saturated rings. The van der Waals surface area contributed by atoms with Crippen molar-refractivity contribution in [2.24, 2.45) is 0 Å². The summed E-state index contributed by atoms with van der Waals surface area (Å²) in [5, 5.41) is 3.81. The standard InChI is InChI=1S/C11H11FN2O/c1-6-11(7(2)15-14-6)8-3-9(12)5-10(13)4-8/h3-5H,13H2,1-2H3. The molecule has 1 heterocycles. The first-order chi connectivity index (χ1) is 7.08. The SMILES string of the molecule is Cc1noc(C)c1-c1cc(N)cc(F)c1. The molecular formula is C11H11FN2O. The van der Waals surface area contributed by atoms with E-state index in [1.807, 2.05) is 6.92 Å². The van der Waals surface area contributed by atoms with E-state index in [1.165, 1.54) is 12.1 Å². The van der Waals surface area contributed by atoms with Crippen LogP contribution in [0.5, 0.6) is 0 Å². The van der Waals surface area contributed by atoms with E-state index in [1.54, 1.807) is 13.0 Å². The molecule has 15 heavy (non-hydrogen) atoms. The fraction of sp³-hybridized carbons (Fsp3) is 0.182. The summed E-state index contributed by atoms with van der Waals surface area (Å²) in [6, 6.07) is 4.40. The molecule has 0 aliphatic rings. The van der Waals surface area contributed by atoms with Crippen molar-refractivity contribution in [3.63, 3.8) is 0 Å². The van der Waals surface area contributed by atoms with Crippen LogP contribution in [0.3, 0.4) is 0 Å². The van der Waals surface area contributed by atoms with Gasteiger partial charge in [0.05, 0.1) is 5.69 Å². The second-order valence-corrected chi connectivity index (χ2v) is 3.47. The number of aryl methyl sites for hydroxylation is 2. The van der Waals surface area contributed by atoms with Gasteiger partial charge in [-0.05, 0) is 37.6 Å². The van der Waals surface area contributed by atoms with E-state index < -0.39 is 0 Å². The summed E-state index contributed by atoms with van der Waals surface area (Å²) < 4.78 is 18.2. The van der Waals surface area contributed by atoms with Crippen LogP contribution >= 0.6 is 0 Å². The van der Waals surface area contributed by atoms with Crippen LogP contribution < -0.4 is 5.73 Å². The normalized spacial score (nSPS) is 10.6. The highest BCUT2D eigenvalue weighted by Crippen LogP contribution is 2.28. The molecule has 1 aromatic heterocycles. The van der Waals surface area contributed by atoms with Gasteiger partial charge in [-0.15, -0.1) is 0 Å². The highest BCUT2D eigenvalue weighted by Gasteiger charge is 2.12. The summed E-state index contributed by atoms with van der Waals surface area (Å²) in [6.45, 7) is 3.60. The minimum Gasteiger partial charge on any atom is -0.399 e. The number of benzene rings is 1. The van der Waals surface area contributed by atoms with Crippen LogP contribution in [-0.2, 0) is 0 Å². The minimum absolute atomic E-state index is 0.356. The van der Waals surface area contributed by atoms with Crippen molar-refractivity contribution in [2.45, 2.75) is 13.8 Å². The van der Waals surface area contributed by atoms with Gasteiger partial charge in [0.15, 0.2) is 0 Å². The molecule has 0 amide bonds. The summed E-state index contributed by atoms with van der Waals surface area (Å²) in [4.78, 5) is 0. The third-order valence-corrected chi connectivity index (χ3v) is 2.24. The number of halogens is 1. The Morgan fingerprint density at radius 3 is 2.53 bits per heavy atom. The maximum Gasteiger partial charge on any atom is 0.141 e. The van der Waals surface area contributed by atoms with Gasteiger partial charge in [0.1, 0.15) is 11.6 Å². The molecule has 0 aliphatic heterocycles.